The molecule has 0 spiro atoms. The highest BCUT2D eigenvalue weighted by Crippen LogP contribution is 2.25. The second-order valence-corrected chi connectivity index (χ2v) is 3.05. The van der Waals surface area contributed by atoms with Gasteiger partial charge in [0.15, 0.2) is 0 Å². The Balaban J connectivity index is 2.73. The molecular weight excluding hydrogens is 180 g/mol. The van der Waals surface area contributed by atoms with Gasteiger partial charge in [0.05, 0.1) is 6.26 Å². The maximum absolute atomic E-state index is 11.4. The smallest absolute Gasteiger partial charge is 0.347 e. The molecule has 2 heterocycles. The van der Waals surface area contributed by atoms with Crippen LogP contribution in [0.3, 0.4) is 0 Å². The molecule has 2 aromatic heterocycles. The van der Waals surface area contributed by atoms with Crippen molar-refractivity contribution in [3.05, 3.63) is 47.0 Å². The zero-order chi connectivity index (χ0) is 9.54. The van der Waals surface area contributed by atoms with Crippen LogP contribution in [0.15, 0.2) is 50.2 Å². The number of hydrogen-bond acceptors (Lipinski definition) is 3. The first-order valence-corrected chi connectivity index (χ1v) is 4.25. The molecule has 0 unspecified atom stereocenters. The van der Waals surface area contributed by atoms with Gasteiger partial charge in [-0.3, -0.25) is 0 Å². The SMILES string of the molecule is O=c1occc2oc3ccccc3c12. The van der Waals surface area contributed by atoms with Crippen LogP contribution in [0.25, 0.3) is 21.9 Å². The summed E-state index contributed by atoms with van der Waals surface area (Å²) in [4.78, 5) is 11.4. The van der Waals surface area contributed by atoms with Gasteiger partial charge < -0.3 is 8.83 Å². The molecule has 0 fully saturated rings. The van der Waals surface area contributed by atoms with Crippen molar-refractivity contribution in [2.24, 2.45) is 0 Å². The van der Waals surface area contributed by atoms with Gasteiger partial charge in [-0.05, 0) is 6.07 Å². The first-order chi connectivity index (χ1) is 6.86. The van der Waals surface area contributed by atoms with Gasteiger partial charge in [0, 0.05) is 11.5 Å². The van der Waals surface area contributed by atoms with Crippen LogP contribution in [-0.4, -0.2) is 0 Å². The zero-order valence-corrected chi connectivity index (χ0v) is 7.19. The number of fused-ring (bicyclic) bond motifs is 3. The van der Waals surface area contributed by atoms with E-state index < -0.39 is 0 Å². The lowest BCUT2D eigenvalue weighted by Gasteiger charge is -1.84. The summed E-state index contributed by atoms with van der Waals surface area (Å²) in [7, 11) is 0. The van der Waals surface area contributed by atoms with Gasteiger partial charge in [0.2, 0.25) is 0 Å². The molecule has 0 bridgehead atoms. The summed E-state index contributed by atoms with van der Waals surface area (Å²) in [5.74, 6) is 0. The van der Waals surface area contributed by atoms with Gasteiger partial charge in [-0.15, -0.1) is 0 Å². The third-order valence-corrected chi connectivity index (χ3v) is 2.22. The quantitative estimate of drug-likeness (QED) is 0.541. The molecule has 0 N–H and O–H groups in total. The predicted octanol–water partition coefficient (Wildman–Crippen LogP) is 2.54. The summed E-state index contributed by atoms with van der Waals surface area (Å²) in [6.45, 7) is 0. The van der Waals surface area contributed by atoms with Crippen LogP contribution < -0.4 is 5.63 Å². The van der Waals surface area contributed by atoms with Crippen molar-refractivity contribution in [2.45, 2.75) is 0 Å². The molecule has 0 saturated carbocycles. The van der Waals surface area contributed by atoms with Gasteiger partial charge in [0.1, 0.15) is 16.6 Å². The maximum atomic E-state index is 11.4. The van der Waals surface area contributed by atoms with E-state index >= 15 is 0 Å². The van der Waals surface area contributed by atoms with Gasteiger partial charge >= 0.3 is 5.63 Å². The van der Waals surface area contributed by atoms with Crippen molar-refractivity contribution in [3.8, 4) is 0 Å². The Morgan fingerprint density at radius 2 is 1.86 bits per heavy atom. The van der Waals surface area contributed by atoms with Crippen molar-refractivity contribution in [1.82, 2.24) is 0 Å². The zero-order valence-electron chi connectivity index (χ0n) is 7.19. The molecule has 0 aliphatic carbocycles. The molecule has 3 nitrogen and oxygen atoms in total. The highest BCUT2D eigenvalue weighted by atomic mass is 16.4. The van der Waals surface area contributed by atoms with E-state index in [1.165, 1.54) is 6.26 Å². The van der Waals surface area contributed by atoms with Crippen LogP contribution in [0.2, 0.25) is 0 Å². The van der Waals surface area contributed by atoms with Crippen molar-refractivity contribution in [2.75, 3.05) is 0 Å². The van der Waals surface area contributed by atoms with E-state index in [2.05, 4.69) is 0 Å². The molecule has 0 radical (unpaired) electrons. The average Bonchev–Trinajstić information content (AvgIpc) is 2.57. The van der Waals surface area contributed by atoms with Crippen LogP contribution in [-0.2, 0) is 0 Å². The number of benzene rings is 1. The molecule has 0 aliphatic heterocycles. The molecule has 0 saturated heterocycles. The fourth-order valence-corrected chi connectivity index (χ4v) is 1.61. The van der Waals surface area contributed by atoms with Crippen molar-refractivity contribution < 1.29 is 8.83 Å². The predicted molar refractivity (Wildman–Crippen MR) is 52.3 cm³/mol. The topological polar surface area (TPSA) is 43.4 Å². The lowest BCUT2D eigenvalue weighted by Crippen LogP contribution is -1.95. The first kappa shape index (κ1) is 7.38. The first-order valence-electron chi connectivity index (χ1n) is 4.25. The Morgan fingerprint density at radius 3 is 2.79 bits per heavy atom. The van der Waals surface area contributed by atoms with Gasteiger partial charge in [-0.2, -0.15) is 0 Å². The van der Waals surface area contributed by atoms with E-state index in [0.717, 1.165) is 5.39 Å². The van der Waals surface area contributed by atoms with E-state index in [-0.39, 0.29) is 5.63 Å². The summed E-state index contributed by atoms with van der Waals surface area (Å²) >= 11 is 0. The van der Waals surface area contributed by atoms with E-state index in [9.17, 15) is 4.79 Å². The fraction of sp³-hybridized carbons (Fsp3) is 0. The van der Waals surface area contributed by atoms with Crippen molar-refractivity contribution in [1.29, 1.82) is 0 Å². The molecule has 14 heavy (non-hydrogen) atoms. The van der Waals surface area contributed by atoms with Crippen molar-refractivity contribution >= 4 is 21.9 Å². The monoisotopic (exact) mass is 186 g/mol. The van der Waals surface area contributed by atoms with Gasteiger partial charge in [-0.1, -0.05) is 18.2 Å². The Kier molecular flexibility index (Phi) is 1.31. The Morgan fingerprint density at radius 1 is 1.00 bits per heavy atom. The average molecular weight is 186 g/mol. The second kappa shape index (κ2) is 2.48. The summed E-state index contributed by atoms with van der Waals surface area (Å²) in [6.07, 6.45) is 1.34. The lowest BCUT2D eigenvalue weighted by molar-refractivity contribution is 0.516. The minimum absolute atomic E-state index is 0.354. The Labute approximate surface area is 78.6 Å². The van der Waals surface area contributed by atoms with E-state index in [4.69, 9.17) is 8.83 Å². The molecule has 0 atom stereocenters. The minimum atomic E-state index is -0.354. The fourth-order valence-electron chi connectivity index (χ4n) is 1.61. The number of furan rings is 1. The van der Waals surface area contributed by atoms with Crippen LogP contribution in [0, 0.1) is 0 Å². The van der Waals surface area contributed by atoms with Crippen LogP contribution >= 0.6 is 0 Å². The third kappa shape index (κ3) is 0.836. The summed E-state index contributed by atoms with van der Waals surface area (Å²) in [5, 5.41) is 1.32. The third-order valence-electron chi connectivity index (χ3n) is 2.22. The van der Waals surface area contributed by atoms with E-state index in [1.807, 2.05) is 24.3 Å². The molecule has 0 aliphatic rings. The highest BCUT2D eigenvalue weighted by molar-refractivity contribution is 6.03. The normalized spacial score (nSPS) is 11.1. The number of para-hydroxylation sites is 1. The summed E-state index contributed by atoms with van der Waals surface area (Å²) in [6, 6.07) is 9.06. The molecule has 1 aromatic carbocycles. The van der Waals surface area contributed by atoms with Gasteiger partial charge in [-0.25, -0.2) is 4.79 Å². The van der Waals surface area contributed by atoms with Crippen molar-refractivity contribution in [3.63, 3.8) is 0 Å². The maximum Gasteiger partial charge on any atom is 0.347 e. The summed E-state index contributed by atoms with van der Waals surface area (Å²) in [5.41, 5.74) is 0.927. The summed E-state index contributed by atoms with van der Waals surface area (Å²) < 4.78 is 10.3. The molecular formula is C11H6O3. The van der Waals surface area contributed by atoms with E-state index in [1.54, 1.807) is 6.07 Å². The lowest BCUT2D eigenvalue weighted by atomic mass is 10.2. The highest BCUT2D eigenvalue weighted by Gasteiger charge is 2.09. The van der Waals surface area contributed by atoms with Gasteiger partial charge in [0.25, 0.3) is 0 Å². The van der Waals surface area contributed by atoms with Crippen LogP contribution in [0.5, 0.6) is 0 Å². The Bertz CT molecular complexity index is 661. The molecule has 0 amide bonds. The number of rotatable bonds is 0. The minimum Gasteiger partial charge on any atom is -0.456 e. The molecule has 3 heteroatoms. The molecule has 3 rings (SSSR count). The standard InChI is InChI=1S/C11H6O3/c12-11-10-7-3-1-2-4-8(7)14-9(10)5-6-13-11/h1-6H. The van der Waals surface area contributed by atoms with E-state index in [0.29, 0.717) is 16.6 Å². The Hall–Kier alpha value is -2.03. The number of hydrogen-bond donors (Lipinski definition) is 0. The molecule has 68 valence electrons. The largest absolute Gasteiger partial charge is 0.456 e. The van der Waals surface area contributed by atoms with Crippen LogP contribution in [0.1, 0.15) is 0 Å². The molecule has 3 aromatic rings. The second-order valence-electron chi connectivity index (χ2n) is 3.05. The van der Waals surface area contributed by atoms with Crippen LogP contribution in [0.4, 0.5) is 0 Å².